The molecule has 0 amide bonds. The van der Waals surface area contributed by atoms with Crippen molar-refractivity contribution in [1.82, 2.24) is 0 Å². The van der Waals surface area contributed by atoms with Gasteiger partial charge in [0.05, 0.1) is 0 Å². The standard InChI is InChI=1S/C13H15FO2S/c14-10-7-3-4-8-11(10)17-12(13(15)16)9-5-1-2-6-9/h3-4,7-9,12H,1-2,5-6H2,(H,15,16). The molecule has 0 saturated heterocycles. The van der Waals surface area contributed by atoms with Gasteiger partial charge in [-0.25, -0.2) is 4.39 Å². The van der Waals surface area contributed by atoms with Crippen LogP contribution in [0, 0.1) is 11.7 Å². The molecule has 1 atom stereocenters. The first-order chi connectivity index (χ1) is 8.18. The first-order valence-electron chi connectivity index (χ1n) is 5.82. The van der Waals surface area contributed by atoms with Crippen molar-refractivity contribution in [3.63, 3.8) is 0 Å². The van der Waals surface area contributed by atoms with Gasteiger partial charge >= 0.3 is 5.97 Å². The van der Waals surface area contributed by atoms with Crippen LogP contribution < -0.4 is 0 Å². The van der Waals surface area contributed by atoms with Gasteiger partial charge in [-0.15, -0.1) is 11.8 Å². The van der Waals surface area contributed by atoms with Crippen molar-refractivity contribution >= 4 is 17.7 Å². The predicted molar refractivity (Wildman–Crippen MR) is 65.6 cm³/mol. The Balaban J connectivity index is 2.12. The summed E-state index contributed by atoms with van der Waals surface area (Å²) < 4.78 is 13.5. The van der Waals surface area contributed by atoms with Gasteiger partial charge in [0.25, 0.3) is 0 Å². The molecule has 0 aromatic heterocycles. The summed E-state index contributed by atoms with van der Waals surface area (Å²) in [5.74, 6) is -0.982. The Morgan fingerprint density at radius 3 is 2.59 bits per heavy atom. The van der Waals surface area contributed by atoms with Crippen LogP contribution in [0.1, 0.15) is 25.7 Å². The van der Waals surface area contributed by atoms with Crippen LogP contribution in [0.3, 0.4) is 0 Å². The van der Waals surface area contributed by atoms with Crippen LogP contribution in [0.2, 0.25) is 0 Å². The molecule has 0 aliphatic heterocycles. The number of benzene rings is 1. The van der Waals surface area contributed by atoms with E-state index >= 15 is 0 Å². The second kappa shape index (κ2) is 5.54. The molecule has 0 heterocycles. The molecule has 0 radical (unpaired) electrons. The van der Waals surface area contributed by atoms with Crippen LogP contribution >= 0.6 is 11.8 Å². The quantitative estimate of drug-likeness (QED) is 0.835. The Hall–Kier alpha value is -1.03. The van der Waals surface area contributed by atoms with E-state index in [9.17, 15) is 14.3 Å². The minimum atomic E-state index is -0.829. The van der Waals surface area contributed by atoms with Crippen LogP contribution in [0.4, 0.5) is 4.39 Å². The summed E-state index contributed by atoms with van der Waals surface area (Å²) in [5, 5.41) is 8.72. The molecule has 17 heavy (non-hydrogen) atoms. The Kier molecular flexibility index (Phi) is 4.05. The first kappa shape index (κ1) is 12.4. The van der Waals surface area contributed by atoms with E-state index in [0.29, 0.717) is 4.90 Å². The smallest absolute Gasteiger partial charge is 0.317 e. The number of carboxylic acids is 1. The van der Waals surface area contributed by atoms with Crippen LogP contribution in [0.15, 0.2) is 29.2 Å². The Morgan fingerprint density at radius 1 is 1.35 bits per heavy atom. The largest absolute Gasteiger partial charge is 0.480 e. The molecule has 2 rings (SSSR count). The fraction of sp³-hybridized carbons (Fsp3) is 0.462. The average Bonchev–Trinajstić information content (AvgIpc) is 2.81. The van der Waals surface area contributed by atoms with Gasteiger partial charge < -0.3 is 5.11 Å². The van der Waals surface area contributed by atoms with Gasteiger partial charge in [0.2, 0.25) is 0 Å². The number of thioether (sulfide) groups is 1. The molecule has 1 aromatic carbocycles. The molecule has 0 spiro atoms. The molecule has 2 nitrogen and oxygen atoms in total. The molecule has 1 N–H and O–H groups in total. The van der Waals surface area contributed by atoms with Crippen LogP contribution in [-0.4, -0.2) is 16.3 Å². The van der Waals surface area contributed by atoms with Crippen molar-refractivity contribution in [2.45, 2.75) is 35.8 Å². The number of hydrogen-bond donors (Lipinski definition) is 1. The zero-order chi connectivity index (χ0) is 12.3. The molecule has 0 bridgehead atoms. The number of rotatable bonds is 4. The first-order valence-corrected chi connectivity index (χ1v) is 6.70. The van der Waals surface area contributed by atoms with Gasteiger partial charge in [-0.3, -0.25) is 4.79 Å². The number of carboxylic acid groups (broad SMARTS) is 1. The fourth-order valence-electron chi connectivity index (χ4n) is 2.29. The summed E-state index contributed by atoms with van der Waals surface area (Å²) in [6.45, 7) is 0. The lowest BCUT2D eigenvalue weighted by atomic mass is 10.0. The van der Waals surface area contributed by atoms with E-state index < -0.39 is 11.2 Å². The highest BCUT2D eigenvalue weighted by atomic mass is 32.2. The van der Waals surface area contributed by atoms with Gasteiger partial charge in [0, 0.05) is 4.90 Å². The van der Waals surface area contributed by atoms with Crippen molar-refractivity contribution in [2.24, 2.45) is 5.92 Å². The number of halogens is 1. The maximum absolute atomic E-state index is 13.5. The van der Waals surface area contributed by atoms with Gasteiger partial charge in [0.1, 0.15) is 11.1 Å². The lowest BCUT2D eigenvalue weighted by molar-refractivity contribution is -0.137. The topological polar surface area (TPSA) is 37.3 Å². The van der Waals surface area contributed by atoms with Gasteiger partial charge in [-0.1, -0.05) is 25.0 Å². The SMILES string of the molecule is O=C(O)C(Sc1ccccc1F)C1CCCC1. The lowest BCUT2D eigenvalue weighted by Crippen LogP contribution is -2.24. The molecule has 92 valence electrons. The summed E-state index contributed by atoms with van der Waals surface area (Å²) in [5.41, 5.74) is 0. The van der Waals surface area contributed by atoms with Crippen molar-refractivity contribution in [2.75, 3.05) is 0 Å². The van der Waals surface area contributed by atoms with E-state index in [1.54, 1.807) is 18.2 Å². The van der Waals surface area contributed by atoms with E-state index in [-0.39, 0.29) is 11.7 Å². The summed E-state index contributed by atoms with van der Waals surface area (Å²) in [7, 11) is 0. The third-order valence-corrected chi connectivity index (χ3v) is 4.59. The van der Waals surface area contributed by atoms with Crippen LogP contribution in [-0.2, 0) is 4.79 Å². The second-order valence-corrected chi connectivity index (χ2v) is 5.54. The third kappa shape index (κ3) is 3.00. The average molecular weight is 254 g/mol. The number of carbonyl (C=O) groups is 1. The van der Waals surface area contributed by atoms with E-state index in [1.807, 2.05) is 0 Å². The van der Waals surface area contributed by atoms with Crippen molar-refractivity contribution in [1.29, 1.82) is 0 Å². The summed E-state index contributed by atoms with van der Waals surface area (Å²) in [4.78, 5) is 11.7. The lowest BCUT2D eigenvalue weighted by Gasteiger charge is -2.18. The van der Waals surface area contributed by atoms with Gasteiger partial charge in [-0.2, -0.15) is 0 Å². The molecular weight excluding hydrogens is 239 g/mol. The van der Waals surface area contributed by atoms with Gasteiger partial charge in [0.15, 0.2) is 0 Å². The normalized spacial score (nSPS) is 18.2. The van der Waals surface area contributed by atoms with Crippen LogP contribution in [0.25, 0.3) is 0 Å². The number of aliphatic carboxylic acids is 1. The molecule has 1 aliphatic carbocycles. The second-order valence-electron chi connectivity index (χ2n) is 4.35. The molecular formula is C13H15FO2S. The molecule has 1 aromatic rings. The fourth-order valence-corrected chi connectivity index (χ4v) is 3.46. The van der Waals surface area contributed by atoms with Crippen LogP contribution in [0.5, 0.6) is 0 Å². The van der Waals surface area contributed by atoms with Crippen molar-refractivity contribution in [3.8, 4) is 0 Å². The van der Waals surface area contributed by atoms with E-state index in [2.05, 4.69) is 0 Å². The van der Waals surface area contributed by atoms with Crippen molar-refractivity contribution in [3.05, 3.63) is 30.1 Å². The highest BCUT2D eigenvalue weighted by Gasteiger charge is 2.31. The monoisotopic (exact) mass is 254 g/mol. The number of hydrogen-bond acceptors (Lipinski definition) is 2. The summed E-state index contributed by atoms with van der Waals surface area (Å²) >= 11 is 1.15. The van der Waals surface area contributed by atoms with Gasteiger partial charge in [-0.05, 0) is 30.9 Å². The minimum absolute atomic E-state index is 0.178. The molecule has 1 fully saturated rings. The highest BCUT2D eigenvalue weighted by Crippen LogP contribution is 2.38. The zero-order valence-corrected chi connectivity index (χ0v) is 10.3. The summed E-state index contributed by atoms with van der Waals surface area (Å²) in [6.07, 6.45) is 4.06. The van der Waals surface area contributed by atoms with E-state index in [1.165, 1.54) is 6.07 Å². The molecule has 1 unspecified atom stereocenters. The zero-order valence-electron chi connectivity index (χ0n) is 9.43. The Bertz CT molecular complexity index is 402. The third-order valence-electron chi connectivity index (χ3n) is 3.16. The van der Waals surface area contributed by atoms with Crippen molar-refractivity contribution < 1.29 is 14.3 Å². The Labute approximate surface area is 104 Å². The Morgan fingerprint density at radius 2 is 2.00 bits per heavy atom. The molecule has 1 saturated carbocycles. The maximum atomic E-state index is 13.5. The summed E-state index contributed by atoms with van der Waals surface area (Å²) in [6, 6.07) is 6.37. The highest BCUT2D eigenvalue weighted by molar-refractivity contribution is 8.00. The van der Waals surface area contributed by atoms with E-state index in [4.69, 9.17) is 0 Å². The maximum Gasteiger partial charge on any atom is 0.317 e. The minimum Gasteiger partial charge on any atom is -0.480 e. The van der Waals surface area contributed by atoms with E-state index in [0.717, 1.165) is 37.4 Å². The molecule has 4 heteroatoms. The predicted octanol–water partition coefficient (Wildman–Crippen LogP) is 3.56. The molecule has 1 aliphatic rings.